The lowest BCUT2D eigenvalue weighted by atomic mass is 9.76. The van der Waals surface area contributed by atoms with Gasteiger partial charge in [0.05, 0.1) is 0 Å². The Kier molecular flexibility index (Phi) is 13.8. The molecule has 1 aliphatic heterocycles. The Morgan fingerprint density at radius 2 is 1.08 bits per heavy atom. The lowest BCUT2D eigenvalue weighted by Crippen LogP contribution is -2.59. The molecule has 2 unspecified atom stereocenters. The molecule has 1 heterocycles. The molecule has 0 bridgehead atoms. The van der Waals surface area contributed by atoms with E-state index in [0.717, 1.165) is 29.7 Å². The Hall–Kier alpha value is -3.78. The summed E-state index contributed by atoms with van der Waals surface area (Å²) in [5.41, 5.74) is 5.19. The molecule has 0 spiro atoms. The summed E-state index contributed by atoms with van der Waals surface area (Å²) in [6.07, 6.45) is 15.2. The van der Waals surface area contributed by atoms with E-state index in [9.17, 15) is 17.8 Å². The quantitative estimate of drug-likeness (QED) is 0.0636. The number of piperidine rings is 1. The van der Waals surface area contributed by atoms with Crippen LogP contribution in [0.1, 0.15) is 124 Å². The van der Waals surface area contributed by atoms with Crippen LogP contribution >= 0.6 is 0 Å². The first-order valence-electron chi connectivity index (χ1n) is 18.6. The second kappa shape index (κ2) is 18.5. The van der Waals surface area contributed by atoms with Crippen molar-refractivity contribution in [1.29, 1.82) is 0 Å². The lowest BCUT2D eigenvalue weighted by molar-refractivity contribution is -0.219. The summed E-state index contributed by atoms with van der Waals surface area (Å²) in [6.45, 7) is 2.26. The van der Waals surface area contributed by atoms with Crippen LogP contribution in [-0.4, -0.2) is 24.7 Å². The normalized spacial score (nSPS) is 20.7. The molecule has 0 amide bonds. The number of carbonyl (C=O) groups is 1. The molecule has 1 fully saturated rings. The highest BCUT2D eigenvalue weighted by Gasteiger charge is 2.57. The number of hydrogen-bond acceptors (Lipinski definition) is 4. The van der Waals surface area contributed by atoms with Gasteiger partial charge in [0.1, 0.15) is 0 Å². The highest BCUT2D eigenvalue weighted by Crippen LogP contribution is 2.56. The van der Waals surface area contributed by atoms with Crippen molar-refractivity contribution in [2.45, 2.75) is 108 Å². The Bertz CT molecular complexity index is 1650. The summed E-state index contributed by atoms with van der Waals surface area (Å²) < 4.78 is 33.5. The van der Waals surface area contributed by atoms with Crippen molar-refractivity contribution in [2.75, 3.05) is 5.75 Å². The summed E-state index contributed by atoms with van der Waals surface area (Å²) in [5, 5.41) is 0. The fraction of sp³-hybridized carbons (Fsp3) is 0.419. The summed E-state index contributed by atoms with van der Waals surface area (Å²) >= 11 is 0. The molecule has 0 radical (unpaired) electrons. The molecule has 4 aromatic carbocycles. The third kappa shape index (κ3) is 10.1. The number of hydroxylamine groups is 2. The molecule has 1 N–H and O–H groups in total. The number of carbonyl (C=O) groups excluding carboxylic acids is 1. The maximum absolute atomic E-state index is 13.6. The molecule has 2 atom stereocenters. The molecule has 1 saturated heterocycles. The first kappa shape index (κ1) is 37.5. The van der Waals surface area contributed by atoms with Crippen molar-refractivity contribution in [2.24, 2.45) is 0 Å². The van der Waals surface area contributed by atoms with Gasteiger partial charge < -0.3 is 0 Å². The van der Waals surface area contributed by atoms with Crippen LogP contribution in [0.4, 0.5) is 5.69 Å². The average Bonchev–Trinajstić information content (AvgIpc) is 3.13. The maximum Gasteiger partial charge on any atom is 0.384 e. The van der Waals surface area contributed by atoms with Gasteiger partial charge >= 0.3 is 5.97 Å². The van der Waals surface area contributed by atoms with Crippen molar-refractivity contribution < 1.29 is 22.6 Å². The fourth-order valence-electron chi connectivity index (χ4n) is 7.82. The van der Waals surface area contributed by atoms with E-state index in [4.69, 9.17) is 4.84 Å². The summed E-state index contributed by atoms with van der Waals surface area (Å²) in [5.74, 6) is -1.95. The summed E-state index contributed by atoms with van der Waals surface area (Å²) in [6, 6.07) is 38.2. The minimum atomic E-state index is -4.62. The van der Waals surface area contributed by atoms with Crippen LogP contribution in [0, 0.1) is 0 Å². The lowest BCUT2D eigenvalue weighted by Gasteiger charge is -2.50. The molecule has 7 heteroatoms. The topological polar surface area (TPSA) is 80.7 Å². The molecular formula is C43H54NO5S+. The van der Waals surface area contributed by atoms with Gasteiger partial charge in [0.25, 0.3) is 10.1 Å². The number of unbranched alkanes of at least 4 members (excludes halogenated alkanes) is 9. The number of rotatable bonds is 18. The van der Waals surface area contributed by atoms with Gasteiger partial charge in [-0.25, -0.2) is 4.79 Å². The Balaban J connectivity index is 1.48. The molecule has 1 aliphatic rings. The fourth-order valence-corrected chi connectivity index (χ4v) is 8.17. The minimum absolute atomic E-state index is 0.147. The molecule has 6 nitrogen and oxygen atoms in total. The molecule has 266 valence electrons. The van der Waals surface area contributed by atoms with Gasteiger partial charge in [-0.15, -0.1) is 0 Å². The average molecular weight is 697 g/mol. The summed E-state index contributed by atoms with van der Waals surface area (Å²) in [4.78, 5) is 20.1. The van der Waals surface area contributed by atoms with Crippen LogP contribution in [0.2, 0.25) is 0 Å². The molecule has 0 saturated carbocycles. The Morgan fingerprint density at radius 3 is 1.54 bits per heavy atom. The molecule has 0 aliphatic carbocycles. The molecule has 4 aromatic rings. The van der Waals surface area contributed by atoms with E-state index in [2.05, 4.69) is 79.7 Å². The third-order valence-corrected chi connectivity index (χ3v) is 10.9. The van der Waals surface area contributed by atoms with E-state index in [1.165, 1.54) is 68.9 Å². The van der Waals surface area contributed by atoms with E-state index in [0.29, 0.717) is 12.8 Å². The maximum atomic E-state index is 13.6. The number of nitrogens with zero attached hydrogens (tertiary/aromatic N) is 1. The highest BCUT2D eigenvalue weighted by atomic mass is 32.2. The van der Waals surface area contributed by atoms with Gasteiger partial charge in [-0.2, -0.15) is 8.42 Å². The number of hydrogen-bond donors (Lipinski definition) is 1. The van der Waals surface area contributed by atoms with Gasteiger partial charge in [-0.05, 0) is 29.9 Å². The van der Waals surface area contributed by atoms with Crippen molar-refractivity contribution in [1.82, 2.24) is 4.65 Å². The zero-order valence-corrected chi connectivity index (χ0v) is 30.4. The van der Waals surface area contributed by atoms with Gasteiger partial charge in [0, 0.05) is 36.1 Å². The van der Waals surface area contributed by atoms with Gasteiger partial charge in [0.2, 0.25) is 0 Å². The van der Waals surface area contributed by atoms with Crippen molar-refractivity contribution in [3.63, 3.8) is 0 Å². The van der Waals surface area contributed by atoms with Crippen molar-refractivity contribution in [3.8, 4) is 0 Å². The van der Waals surface area contributed by atoms with E-state index in [1.807, 2.05) is 42.5 Å². The molecule has 50 heavy (non-hydrogen) atoms. The van der Waals surface area contributed by atoms with E-state index < -0.39 is 21.8 Å². The number of quaternary nitrogens is 1. The van der Waals surface area contributed by atoms with Crippen LogP contribution in [0.3, 0.4) is 0 Å². The van der Waals surface area contributed by atoms with Gasteiger partial charge in [-0.3, -0.25) is 9.39 Å². The van der Waals surface area contributed by atoms with Crippen LogP contribution in [0.15, 0.2) is 115 Å². The van der Waals surface area contributed by atoms with Crippen LogP contribution in [0.25, 0.3) is 0 Å². The predicted octanol–water partition coefficient (Wildman–Crippen LogP) is 10.9. The van der Waals surface area contributed by atoms with Crippen LogP contribution < -0.4 is 4.65 Å². The van der Waals surface area contributed by atoms with E-state index in [1.54, 1.807) is 0 Å². The van der Waals surface area contributed by atoms with Gasteiger partial charge in [0.15, 0.2) is 23.5 Å². The zero-order valence-electron chi connectivity index (χ0n) is 29.5. The van der Waals surface area contributed by atoms with E-state index in [-0.39, 0.29) is 22.6 Å². The zero-order chi connectivity index (χ0) is 35.2. The van der Waals surface area contributed by atoms with Gasteiger partial charge in [-0.1, -0.05) is 172 Å². The highest BCUT2D eigenvalue weighted by molar-refractivity contribution is 7.86. The Morgan fingerprint density at radius 1 is 0.640 bits per heavy atom. The van der Waals surface area contributed by atoms with Crippen molar-refractivity contribution >= 4 is 21.8 Å². The predicted molar refractivity (Wildman–Crippen MR) is 203 cm³/mol. The molecule has 5 rings (SSSR count). The second-order valence-corrected chi connectivity index (χ2v) is 15.4. The monoisotopic (exact) mass is 696 g/mol. The smallest absolute Gasteiger partial charge is 0.285 e. The van der Waals surface area contributed by atoms with Crippen LogP contribution in [-0.2, 0) is 26.2 Å². The minimum Gasteiger partial charge on any atom is -0.285 e. The largest absolute Gasteiger partial charge is 0.384 e. The number of benzene rings is 4. The second-order valence-electron chi connectivity index (χ2n) is 13.9. The van der Waals surface area contributed by atoms with Crippen LogP contribution in [0.5, 0.6) is 0 Å². The SMILES string of the molecule is CCCCCCCCCCCCc1ccc([N+]2(OC(=O)CS(=O)(=O)O)C(c3ccccc3)CC(c3ccccc3)CC2c2ccccc2)cc1. The standard InChI is InChI=1S/C43H53NO5S/c1-2-3-4-5-6-7-8-9-10-14-21-35-28-30-40(31-29-35)44(49-43(45)34-50(46,47)48)41(37-24-17-12-18-25-37)32-39(36-22-15-11-16-23-36)33-42(44)38-26-19-13-20-27-38/h11-13,15-20,22-31,39,41-42H,2-10,14,21,32-34H2,1H3/p+1. The molecular weight excluding hydrogens is 643 g/mol. The Labute approximate surface area is 299 Å². The molecule has 0 aromatic heterocycles. The summed E-state index contributed by atoms with van der Waals surface area (Å²) in [7, 11) is -4.62. The number of aryl methyl sites for hydroxylation is 1. The third-order valence-electron chi connectivity index (χ3n) is 10.3. The van der Waals surface area contributed by atoms with E-state index >= 15 is 0 Å². The first-order valence-corrected chi connectivity index (χ1v) is 20.2. The van der Waals surface area contributed by atoms with Crippen molar-refractivity contribution in [3.05, 3.63) is 138 Å². The first-order chi connectivity index (χ1) is 24.3.